The molecule has 2 aliphatic rings. The molecule has 3 unspecified atom stereocenters. The van der Waals surface area contributed by atoms with Gasteiger partial charge in [-0.2, -0.15) is 4.39 Å². The Hall–Kier alpha value is -1.15. The molecule has 162 valence electrons. The fraction of sp³-hybridized carbons (Fsp3) is 0.353. The van der Waals surface area contributed by atoms with Gasteiger partial charge in [0.15, 0.2) is 5.13 Å². The van der Waals surface area contributed by atoms with Crippen LogP contribution in [0.1, 0.15) is 5.01 Å². The van der Waals surface area contributed by atoms with Gasteiger partial charge >= 0.3 is 0 Å². The zero-order valence-electron chi connectivity index (χ0n) is 15.1. The average Bonchev–Trinajstić information content (AvgIpc) is 3.36. The van der Waals surface area contributed by atoms with Crippen LogP contribution < -0.4 is 11.0 Å². The molecule has 1 aromatic carbocycles. The first-order valence-corrected chi connectivity index (χ1v) is 11.2. The van der Waals surface area contributed by atoms with Crippen molar-refractivity contribution in [3.8, 4) is 0 Å². The van der Waals surface area contributed by atoms with Gasteiger partial charge in [-0.1, -0.05) is 46.3 Å². The highest BCUT2D eigenvalue weighted by molar-refractivity contribution is 7.99. The number of nitrogens with zero attached hydrogens (tertiary/aromatic N) is 2. The molecule has 5 N–H and O–H groups in total. The van der Waals surface area contributed by atoms with Crippen LogP contribution in [-0.4, -0.2) is 61.7 Å². The largest absolute Gasteiger partial charge is 0.394 e. The zero-order chi connectivity index (χ0) is 21.4. The van der Waals surface area contributed by atoms with Gasteiger partial charge in [0, 0.05) is 11.1 Å². The molecule has 0 saturated carbocycles. The molecule has 0 bridgehead atoms. The number of ether oxygens (including phenoxy) is 1. The minimum absolute atomic E-state index is 0.357. The van der Waals surface area contributed by atoms with Crippen molar-refractivity contribution in [2.75, 3.05) is 6.61 Å². The highest BCUT2D eigenvalue weighted by Gasteiger charge is 2.48. The summed E-state index contributed by atoms with van der Waals surface area (Å²) in [6.07, 6.45) is -0.644. The minimum Gasteiger partial charge on any atom is -0.394 e. The lowest BCUT2D eigenvalue weighted by atomic mass is 9.97. The number of aliphatic hydroxyl groups excluding tert-OH is 3. The summed E-state index contributed by atoms with van der Waals surface area (Å²) in [5.41, 5.74) is 5.32. The molecule has 2 aromatic rings. The van der Waals surface area contributed by atoms with Crippen LogP contribution in [0, 0.1) is 5.13 Å². The van der Waals surface area contributed by atoms with E-state index in [4.69, 9.17) is 27.9 Å². The fourth-order valence-electron chi connectivity index (χ4n) is 3.15. The Kier molecular flexibility index (Phi) is 6.73. The molecule has 4 rings (SSSR count). The number of thiazole rings is 1. The van der Waals surface area contributed by atoms with Crippen LogP contribution in [-0.2, 0) is 4.74 Å². The molecule has 0 radical (unpaired) electrons. The number of hydrogen-bond donors (Lipinski definition) is 5. The fourth-order valence-corrected chi connectivity index (χ4v) is 5.23. The van der Waals surface area contributed by atoms with E-state index in [1.807, 2.05) is 0 Å². The number of hydrazine groups is 2. The lowest BCUT2D eigenvalue weighted by Gasteiger charge is -2.45. The monoisotopic (exact) mass is 494 g/mol. The van der Waals surface area contributed by atoms with Crippen molar-refractivity contribution in [1.82, 2.24) is 21.0 Å². The second-order valence-electron chi connectivity index (χ2n) is 6.55. The van der Waals surface area contributed by atoms with Crippen LogP contribution in [0.25, 0.3) is 5.70 Å². The van der Waals surface area contributed by atoms with E-state index in [1.54, 1.807) is 24.4 Å². The number of rotatable bonds is 5. The van der Waals surface area contributed by atoms with Crippen molar-refractivity contribution in [2.24, 2.45) is 0 Å². The van der Waals surface area contributed by atoms with E-state index in [0.717, 1.165) is 17.5 Å². The molecule has 3 heterocycles. The van der Waals surface area contributed by atoms with E-state index in [1.165, 1.54) is 16.8 Å². The third-order valence-corrected chi connectivity index (χ3v) is 7.32. The minimum atomic E-state index is -1.21. The van der Waals surface area contributed by atoms with Crippen LogP contribution >= 0.6 is 46.3 Å². The summed E-state index contributed by atoms with van der Waals surface area (Å²) in [5, 5.41) is 33.5. The van der Waals surface area contributed by atoms with Crippen molar-refractivity contribution in [2.45, 2.75) is 34.7 Å². The maximum absolute atomic E-state index is 13.3. The maximum atomic E-state index is 13.3. The van der Waals surface area contributed by atoms with E-state index in [2.05, 4.69) is 15.9 Å². The number of nitrogens with one attached hydrogen (secondary N) is 2. The van der Waals surface area contributed by atoms with E-state index < -0.39 is 41.5 Å². The molecule has 30 heavy (non-hydrogen) atoms. The van der Waals surface area contributed by atoms with Gasteiger partial charge < -0.3 is 20.1 Å². The van der Waals surface area contributed by atoms with Crippen LogP contribution in [0.4, 0.5) is 4.39 Å². The number of halogens is 3. The molecule has 0 amide bonds. The molecule has 0 spiro atoms. The Morgan fingerprint density at radius 2 is 2.07 bits per heavy atom. The Balaban J connectivity index is 1.56. The summed E-state index contributed by atoms with van der Waals surface area (Å²) < 4.78 is 19.0. The average molecular weight is 495 g/mol. The molecule has 1 aromatic heterocycles. The lowest BCUT2D eigenvalue weighted by molar-refractivity contribution is -0.189. The first-order valence-electron chi connectivity index (χ1n) is 8.75. The van der Waals surface area contributed by atoms with Crippen LogP contribution in [0.15, 0.2) is 35.5 Å². The normalized spacial score (nSPS) is 29.1. The maximum Gasteiger partial charge on any atom is 0.196 e. The van der Waals surface area contributed by atoms with Crippen molar-refractivity contribution in [3.05, 3.63) is 50.8 Å². The van der Waals surface area contributed by atoms with Gasteiger partial charge in [0.1, 0.15) is 40.5 Å². The molecule has 0 aliphatic carbocycles. The van der Waals surface area contributed by atoms with Gasteiger partial charge in [0.05, 0.1) is 22.8 Å². The Labute approximate surface area is 189 Å². The highest BCUT2D eigenvalue weighted by atomic mass is 35.5. The van der Waals surface area contributed by atoms with E-state index in [9.17, 15) is 19.7 Å². The van der Waals surface area contributed by atoms with Crippen LogP contribution in [0.3, 0.4) is 0 Å². The van der Waals surface area contributed by atoms with E-state index in [0.29, 0.717) is 25.6 Å². The summed E-state index contributed by atoms with van der Waals surface area (Å²) in [6.45, 7) is -0.446. The lowest BCUT2D eigenvalue weighted by Crippen LogP contribution is -2.65. The van der Waals surface area contributed by atoms with Gasteiger partial charge in [-0.25, -0.2) is 4.98 Å². The SMILES string of the molecule is OCC1O[C@H](Sc2ccc(Cl)c(Cl)c2)C(O)C(N2C=C(c3ncc(F)s3)NN2)[C@H]1O. The quantitative estimate of drug-likeness (QED) is 0.424. The topological polar surface area (TPSA) is 110 Å². The summed E-state index contributed by atoms with van der Waals surface area (Å²) in [4.78, 5) is 4.66. The van der Waals surface area contributed by atoms with Crippen molar-refractivity contribution in [3.63, 3.8) is 0 Å². The summed E-state index contributed by atoms with van der Waals surface area (Å²) in [7, 11) is 0. The van der Waals surface area contributed by atoms with Gasteiger partial charge in [-0.15, -0.1) is 5.53 Å². The van der Waals surface area contributed by atoms with Crippen molar-refractivity contribution < 1.29 is 24.4 Å². The Bertz CT molecular complexity index is 952. The van der Waals surface area contributed by atoms with Gasteiger partial charge in [0.2, 0.25) is 0 Å². The summed E-state index contributed by atoms with van der Waals surface area (Å²) in [5.74, 6) is 0. The first kappa shape index (κ1) is 22.1. The molecule has 13 heteroatoms. The van der Waals surface area contributed by atoms with E-state index in [-0.39, 0.29) is 0 Å². The molecule has 2 aliphatic heterocycles. The first-order chi connectivity index (χ1) is 14.4. The number of thioether (sulfide) groups is 1. The van der Waals surface area contributed by atoms with Crippen LogP contribution in [0.5, 0.6) is 0 Å². The zero-order valence-corrected chi connectivity index (χ0v) is 18.2. The van der Waals surface area contributed by atoms with E-state index >= 15 is 0 Å². The number of aliphatic hydroxyl groups is 3. The molecule has 5 atom stereocenters. The molecule has 1 saturated heterocycles. The standard InChI is InChI=1S/C17H17Cl2FN4O4S2/c18-8-2-1-7(3-9(8)19)29-17-15(27)13(14(26)11(6-25)28-17)24-5-10(22-23-24)16-21-4-12(20)30-16/h1-5,11,13-15,17,22-23,25-27H,6H2/t11?,13?,14-,15?,17+/m0/s1. The highest BCUT2D eigenvalue weighted by Crippen LogP contribution is 2.37. The Morgan fingerprint density at radius 1 is 1.27 bits per heavy atom. The second-order valence-corrected chi connectivity index (χ2v) is 9.51. The van der Waals surface area contributed by atoms with Gasteiger partial charge in [-0.05, 0) is 18.2 Å². The van der Waals surface area contributed by atoms with Crippen molar-refractivity contribution >= 4 is 52.0 Å². The summed E-state index contributed by atoms with van der Waals surface area (Å²) >= 11 is 14.0. The Morgan fingerprint density at radius 3 is 2.73 bits per heavy atom. The molecule has 1 fully saturated rings. The number of hydrogen-bond acceptors (Lipinski definition) is 10. The predicted molar refractivity (Wildman–Crippen MR) is 112 cm³/mol. The van der Waals surface area contributed by atoms with Crippen LogP contribution in [0.2, 0.25) is 10.0 Å². The molecular weight excluding hydrogens is 478 g/mol. The second kappa shape index (κ2) is 9.15. The third kappa shape index (κ3) is 4.40. The number of aromatic nitrogens is 1. The smallest absolute Gasteiger partial charge is 0.196 e. The predicted octanol–water partition coefficient (Wildman–Crippen LogP) is 1.81. The molecular formula is C17H17Cl2FN4O4S2. The van der Waals surface area contributed by atoms with Gasteiger partial charge in [-0.3, -0.25) is 10.4 Å². The summed E-state index contributed by atoms with van der Waals surface area (Å²) in [6, 6.07) is 4.12. The van der Waals surface area contributed by atoms with Gasteiger partial charge in [0.25, 0.3) is 0 Å². The number of benzene rings is 1. The van der Waals surface area contributed by atoms with Crippen molar-refractivity contribution in [1.29, 1.82) is 0 Å². The third-order valence-electron chi connectivity index (χ3n) is 4.61. The molecule has 8 nitrogen and oxygen atoms in total.